The summed E-state index contributed by atoms with van der Waals surface area (Å²) in [4.78, 5) is 2.35. The molecule has 1 saturated heterocycles. The second kappa shape index (κ2) is 6.30. The van der Waals surface area contributed by atoms with Crippen molar-refractivity contribution in [1.29, 1.82) is 0 Å². The number of rotatable bonds is 5. The van der Waals surface area contributed by atoms with Crippen molar-refractivity contribution in [2.75, 3.05) is 31.1 Å². The number of benzene rings is 1. The summed E-state index contributed by atoms with van der Waals surface area (Å²) in [6.07, 6.45) is 4.55. The zero-order chi connectivity index (χ0) is 16.6. The van der Waals surface area contributed by atoms with E-state index in [1.54, 1.807) is 0 Å². The molecule has 0 saturated carbocycles. The van der Waals surface area contributed by atoms with Gasteiger partial charge in [-0.25, -0.2) is 0 Å². The van der Waals surface area contributed by atoms with Crippen molar-refractivity contribution >= 4 is 5.82 Å². The van der Waals surface area contributed by atoms with Gasteiger partial charge >= 0.3 is 0 Å². The summed E-state index contributed by atoms with van der Waals surface area (Å²) in [6.45, 7) is 4.98. The fourth-order valence-electron chi connectivity index (χ4n) is 4.13. The van der Waals surface area contributed by atoms with Gasteiger partial charge in [0.2, 0.25) is 0 Å². The van der Waals surface area contributed by atoms with Crippen LogP contribution in [-0.4, -0.2) is 36.4 Å². The number of fused-ring (bicyclic) bond motifs is 2. The van der Waals surface area contributed by atoms with Gasteiger partial charge in [0.15, 0.2) is 5.82 Å². The van der Waals surface area contributed by atoms with Gasteiger partial charge in [-0.05, 0) is 48.1 Å². The maximum atomic E-state index is 5.57. The lowest BCUT2D eigenvalue weighted by atomic mass is 9.99. The Balaban J connectivity index is 1.10. The highest BCUT2D eigenvalue weighted by atomic mass is 16.5. The Morgan fingerprint density at radius 3 is 3.00 bits per heavy atom. The van der Waals surface area contributed by atoms with Gasteiger partial charge in [0.1, 0.15) is 5.75 Å². The zero-order valence-corrected chi connectivity index (χ0v) is 14.5. The lowest BCUT2D eigenvalue weighted by Gasteiger charge is -2.40. The summed E-state index contributed by atoms with van der Waals surface area (Å²) in [7, 11) is 0. The predicted molar refractivity (Wildman–Crippen MR) is 97.1 cm³/mol. The highest BCUT2D eigenvalue weighted by Gasteiger charge is 2.28. The van der Waals surface area contributed by atoms with Gasteiger partial charge < -0.3 is 15.0 Å². The minimum atomic E-state index is 0.702. The van der Waals surface area contributed by atoms with E-state index in [9.17, 15) is 0 Å². The molecule has 2 aromatic rings. The first-order chi connectivity index (χ1) is 12.3. The Kier molecular flexibility index (Phi) is 3.82. The lowest BCUT2D eigenvalue weighted by molar-refractivity contribution is 0.356. The minimum absolute atomic E-state index is 0.702. The third-order valence-corrected chi connectivity index (χ3v) is 5.60. The van der Waals surface area contributed by atoms with Crippen molar-refractivity contribution in [2.45, 2.75) is 32.2 Å². The molecule has 1 N–H and O–H groups in total. The molecule has 5 rings (SSSR count). The molecule has 0 unspecified atom stereocenters. The second-order valence-corrected chi connectivity index (χ2v) is 7.47. The summed E-state index contributed by atoms with van der Waals surface area (Å²) >= 11 is 0. The van der Waals surface area contributed by atoms with Crippen molar-refractivity contribution in [3.8, 4) is 5.75 Å². The molecule has 0 atom stereocenters. The Hall–Kier alpha value is -2.14. The van der Waals surface area contributed by atoms with E-state index >= 15 is 0 Å². The van der Waals surface area contributed by atoms with E-state index in [0.717, 1.165) is 57.2 Å². The normalized spacial score (nSPS) is 18.6. The van der Waals surface area contributed by atoms with Crippen LogP contribution >= 0.6 is 0 Å². The third kappa shape index (κ3) is 2.97. The SMILES string of the molecule is c1cc2c(cc1CNCC1CN(c3cc4c(nn3)CCC4)C1)CCO2. The zero-order valence-electron chi connectivity index (χ0n) is 14.5. The van der Waals surface area contributed by atoms with Gasteiger partial charge in [-0.1, -0.05) is 12.1 Å². The van der Waals surface area contributed by atoms with E-state index in [-0.39, 0.29) is 0 Å². The lowest BCUT2D eigenvalue weighted by Crippen LogP contribution is -2.51. The fourth-order valence-corrected chi connectivity index (χ4v) is 4.13. The van der Waals surface area contributed by atoms with Crippen LogP contribution < -0.4 is 15.0 Å². The Morgan fingerprint density at radius 2 is 2.04 bits per heavy atom. The number of anilines is 1. The highest BCUT2D eigenvalue weighted by Crippen LogP contribution is 2.27. The van der Waals surface area contributed by atoms with E-state index < -0.39 is 0 Å². The number of aromatic nitrogens is 2. The molecule has 130 valence electrons. The summed E-state index contributed by atoms with van der Waals surface area (Å²) in [5, 5.41) is 12.4. The molecular weight excluding hydrogens is 312 g/mol. The highest BCUT2D eigenvalue weighted by molar-refractivity contribution is 5.45. The monoisotopic (exact) mass is 336 g/mol. The van der Waals surface area contributed by atoms with Crippen molar-refractivity contribution < 1.29 is 4.74 Å². The summed E-state index contributed by atoms with van der Waals surface area (Å²) in [6, 6.07) is 8.81. The number of hydrogen-bond donors (Lipinski definition) is 1. The van der Waals surface area contributed by atoms with Crippen LogP contribution in [0.4, 0.5) is 5.82 Å². The summed E-state index contributed by atoms with van der Waals surface area (Å²) in [5.74, 6) is 2.83. The molecule has 5 nitrogen and oxygen atoms in total. The first-order valence-corrected chi connectivity index (χ1v) is 9.41. The number of nitrogens with zero attached hydrogens (tertiary/aromatic N) is 3. The largest absolute Gasteiger partial charge is 0.493 e. The third-order valence-electron chi connectivity index (χ3n) is 5.60. The number of nitrogens with one attached hydrogen (secondary N) is 1. The molecule has 1 fully saturated rings. The molecule has 0 bridgehead atoms. The summed E-state index contributed by atoms with van der Waals surface area (Å²) < 4.78 is 5.57. The van der Waals surface area contributed by atoms with Crippen LogP contribution in [0.1, 0.15) is 28.8 Å². The number of hydrogen-bond acceptors (Lipinski definition) is 5. The smallest absolute Gasteiger partial charge is 0.151 e. The summed E-state index contributed by atoms with van der Waals surface area (Å²) in [5.41, 5.74) is 5.32. The van der Waals surface area contributed by atoms with Crippen molar-refractivity contribution in [3.63, 3.8) is 0 Å². The first-order valence-electron chi connectivity index (χ1n) is 9.41. The van der Waals surface area contributed by atoms with Crippen LogP contribution in [0.2, 0.25) is 0 Å². The molecule has 0 radical (unpaired) electrons. The van der Waals surface area contributed by atoms with E-state index in [2.05, 4.69) is 44.7 Å². The topological polar surface area (TPSA) is 50.3 Å². The molecule has 3 heterocycles. The van der Waals surface area contributed by atoms with Gasteiger partial charge in [-0.3, -0.25) is 0 Å². The fraction of sp³-hybridized carbons (Fsp3) is 0.500. The average Bonchev–Trinajstić information content (AvgIpc) is 3.24. The van der Waals surface area contributed by atoms with Crippen molar-refractivity contribution in [1.82, 2.24) is 15.5 Å². The minimum Gasteiger partial charge on any atom is -0.493 e. The Morgan fingerprint density at radius 1 is 1.08 bits per heavy atom. The van der Waals surface area contributed by atoms with E-state index in [4.69, 9.17) is 4.74 Å². The Bertz CT molecular complexity index is 785. The first kappa shape index (κ1) is 15.1. The molecule has 1 aromatic carbocycles. The molecule has 1 aliphatic carbocycles. The molecule has 2 aliphatic heterocycles. The molecule has 5 heteroatoms. The maximum Gasteiger partial charge on any atom is 0.151 e. The van der Waals surface area contributed by atoms with Crippen LogP contribution in [0.5, 0.6) is 5.75 Å². The molecule has 1 aromatic heterocycles. The molecule has 3 aliphatic rings. The van der Waals surface area contributed by atoms with Crippen molar-refractivity contribution in [3.05, 3.63) is 46.6 Å². The van der Waals surface area contributed by atoms with Gasteiger partial charge in [0.05, 0.1) is 12.3 Å². The van der Waals surface area contributed by atoms with Gasteiger partial charge in [-0.2, -0.15) is 5.10 Å². The number of aryl methyl sites for hydroxylation is 2. The van der Waals surface area contributed by atoms with Gasteiger partial charge in [0.25, 0.3) is 0 Å². The van der Waals surface area contributed by atoms with E-state index in [1.807, 2.05) is 0 Å². The van der Waals surface area contributed by atoms with Gasteiger partial charge in [-0.15, -0.1) is 5.10 Å². The Labute approximate surface area is 148 Å². The van der Waals surface area contributed by atoms with E-state index in [1.165, 1.54) is 35.2 Å². The van der Waals surface area contributed by atoms with Crippen LogP contribution in [0, 0.1) is 5.92 Å². The molecule has 0 spiro atoms. The second-order valence-electron chi connectivity index (χ2n) is 7.47. The van der Waals surface area contributed by atoms with Crippen LogP contribution in [0.3, 0.4) is 0 Å². The van der Waals surface area contributed by atoms with Crippen LogP contribution in [0.25, 0.3) is 0 Å². The van der Waals surface area contributed by atoms with Crippen molar-refractivity contribution in [2.24, 2.45) is 5.92 Å². The maximum absolute atomic E-state index is 5.57. The molecular formula is C20H24N4O. The number of ether oxygens (including phenoxy) is 1. The van der Waals surface area contributed by atoms with Crippen LogP contribution in [0.15, 0.2) is 24.3 Å². The average molecular weight is 336 g/mol. The molecule has 25 heavy (non-hydrogen) atoms. The van der Waals surface area contributed by atoms with E-state index in [0.29, 0.717) is 5.92 Å². The standard InChI is InChI=1S/C20H24N4O/c1-2-16-9-20(23-22-18(16)3-1)24-12-15(13-24)11-21-10-14-4-5-19-17(8-14)6-7-25-19/h4-5,8-9,15,21H,1-3,6-7,10-13H2. The van der Waals surface area contributed by atoms with Crippen LogP contribution in [-0.2, 0) is 25.8 Å². The molecule has 0 amide bonds. The predicted octanol–water partition coefficient (Wildman–Crippen LogP) is 2.13. The van der Waals surface area contributed by atoms with Gasteiger partial charge in [0, 0.05) is 38.5 Å². The quantitative estimate of drug-likeness (QED) is 0.906.